The fourth-order valence-corrected chi connectivity index (χ4v) is 4.39. The topological polar surface area (TPSA) is 29.5 Å². The molecule has 0 N–H and O–H groups in total. The maximum absolute atomic E-state index is 12.3. The molecule has 0 radical (unpaired) electrons. The van der Waals surface area contributed by atoms with E-state index in [9.17, 15) is 4.79 Å². The van der Waals surface area contributed by atoms with E-state index in [0.29, 0.717) is 0 Å². The van der Waals surface area contributed by atoms with E-state index in [0.717, 1.165) is 39.1 Å². The van der Waals surface area contributed by atoms with Gasteiger partial charge in [0.15, 0.2) is 0 Å². The molecule has 1 amide bonds. The maximum atomic E-state index is 12.3. The molecule has 3 nitrogen and oxygen atoms in total. The Labute approximate surface area is 120 Å². The van der Waals surface area contributed by atoms with Gasteiger partial charge in [0.05, 0.1) is 20.9 Å². The van der Waals surface area contributed by atoms with Gasteiger partial charge >= 0.3 is 0 Å². The molecule has 0 saturated carbocycles. The van der Waals surface area contributed by atoms with Crippen LogP contribution in [0.2, 0.25) is 0 Å². The van der Waals surface area contributed by atoms with Crippen molar-refractivity contribution >= 4 is 49.1 Å². The van der Waals surface area contributed by atoms with E-state index >= 15 is 0 Å². The summed E-state index contributed by atoms with van der Waals surface area (Å²) < 4.78 is 7.65. The molecule has 1 aromatic rings. The second-order valence-electron chi connectivity index (χ2n) is 4.40. The van der Waals surface area contributed by atoms with E-state index in [1.807, 2.05) is 11.0 Å². The molecular formula is C11H11Br2NO2S. The molecule has 2 aliphatic rings. The molecule has 92 valence electrons. The van der Waals surface area contributed by atoms with Gasteiger partial charge in [-0.15, -0.1) is 11.3 Å². The van der Waals surface area contributed by atoms with Crippen molar-refractivity contribution in [3.63, 3.8) is 0 Å². The molecule has 0 aromatic carbocycles. The van der Waals surface area contributed by atoms with Gasteiger partial charge in [0.25, 0.3) is 5.91 Å². The molecule has 2 fully saturated rings. The van der Waals surface area contributed by atoms with Gasteiger partial charge in [-0.25, -0.2) is 0 Å². The predicted molar refractivity (Wildman–Crippen MR) is 73.5 cm³/mol. The lowest BCUT2D eigenvalue weighted by atomic mass is 10.2. The standard InChI is InChI=1S/C11H11Br2NO2S/c12-8-3-9(17-10(8)13)11(15)14-4-6-1-2-7(5-14)16-6/h3,6-7H,1-2,4-5H2. The summed E-state index contributed by atoms with van der Waals surface area (Å²) >= 11 is 8.31. The fourth-order valence-electron chi connectivity index (χ4n) is 2.39. The molecule has 2 atom stereocenters. The molecule has 2 bridgehead atoms. The van der Waals surface area contributed by atoms with Crippen LogP contribution in [0, 0.1) is 0 Å². The number of thiophene rings is 1. The summed E-state index contributed by atoms with van der Waals surface area (Å²) in [5, 5.41) is 0. The molecule has 2 unspecified atom stereocenters. The summed E-state index contributed by atoms with van der Waals surface area (Å²) in [6.07, 6.45) is 2.69. The summed E-state index contributed by atoms with van der Waals surface area (Å²) in [6, 6.07) is 1.88. The maximum Gasteiger partial charge on any atom is 0.264 e. The highest BCUT2D eigenvalue weighted by atomic mass is 79.9. The average Bonchev–Trinajstić information content (AvgIpc) is 2.82. The minimum absolute atomic E-state index is 0.126. The van der Waals surface area contributed by atoms with Crippen molar-refractivity contribution in [3.8, 4) is 0 Å². The lowest BCUT2D eigenvalue weighted by Gasteiger charge is -2.31. The lowest BCUT2D eigenvalue weighted by molar-refractivity contribution is -0.0302. The number of nitrogens with zero attached hydrogens (tertiary/aromatic N) is 1. The molecule has 1 aromatic heterocycles. The zero-order valence-electron chi connectivity index (χ0n) is 8.99. The van der Waals surface area contributed by atoms with Crippen molar-refractivity contribution in [2.45, 2.75) is 25.0 Å². The van der Waals surface area contributed by atoms with Crippen molar-refractivity contribution in [2.24, 2.45) is 0 Å². The third kappa shape index (κ3) is 2.32. The first-order valence-electron chi connectivity index (χ1n) is 5.53. The van der Waals surface area contributed by atoms with Crippen LogP contribution in [0.5, 0.6) is 0 Å². The summed E-state index contributed by atoms with van der Waals surface area (Å²) in [5.41, 5.74) is 0. The Balaban J connectivity index is 1.78. The summed E-state index contributed by atoms with van der Waals surface area (Å²) in [5.74, 6) is 0.126. The molecule has 2 saturated heterocycles. The summed E-state index contributed by atoms with van der Waals surface area (Å²) in [6.45, 7) is 1.48. The fraction of sp³-hybridized carbons (Fsp3) is 0.545. The number of rotatable bonds is 1. The number of carbonyl (C=O) groups is 1. The summed E-state index contributed by atoms with van der Waals surface area (Å²) in [7, 11) is 0. The van der Waals surface area contributed by atoms with E-state index < -0.39 is 0 Å². The Bertz CT molecular complexity index is 431. The molecule has 2 aliphatic heterocycles. The highest BCUT2D eigenvalue weighted by Crippen LogP contribution is 2.34. The normalized spacial score (nSPS) is 27.5. The highest BCUT2D eigenvalue weighted by Gasteiger charge is 2.36. The smallest absolute Gasteiger partial charge is 0.264 e. The number of fused-ring (bicyclic) bond motifs is 2. The van der Waals surface area contributed by atoms with Gasteiger partial charge < -0.3 is 9.64 Å². The van der Waals surface area contributed by atoms with Crippen LogP contribution in [-0.4, -0.2) is 36.1 Å². The summed E-state index contributed by atoms with van der Waals surface area (Å²) in [4.78, 5) is 15.0. The number of hydrogen-bond donors (Lipinski definition) is 0. The third-order valence-corrected chi connectivity index (χ3v) is 6.43. The number of ether oxygens (including phenoxy) is 1. The molecule has 6 heteroatoms. The van der Waals surface area contributed by atoms with Crippen LogP contribution >= 0.6 is 43.2 Å². The van der Waals surface area contributed by atoms with Crippen molar-refractivity contribution in [1.29, 1.82) is 0 Å². The Hall–Kier alpha value is 0.0900. The first-order chi connectivity index (χ1) is 8.13. The highest BCUT2D eigenvalue weighted by molar-refractivity contribution is 9.13. The Morgan fingerprint density at radius 3 is 2.53 bits per heavy atom. The van der Waals surface area contributed by atoms with Crippen molar-refractivity contribution in [1.82, 2.24) is 4.90 Å². The van der Waals surface area contributed by atoms with Gasteiger partial charge in [0, 0.05) is 17.6 Å². The number of carbonyl (C=O) groups excluding carboxylic acids is 1. The van der Waals surface area contributed by atoms with E-state index in [2.05, 4.69) is 31.9 Å². The molecule has 17 heavy (non-hydrogen) atoms. The third-order valence-electron chi connectivity index (χ3n) is 3.19. The Morgan fingerprint density at radius 1 is 1.35 bits per heavy atom. The van der Waals surface area contributed by atoms with Gasteiger partial charge in [-0.05, 0) is 50.8 Å². The van der Waals surface area contributed by atoms with Crippen LogP contribution in [0.1, 0.15) is 22.5 Å². The molecule has 3 heterocycles. The van der Waals surface area contributed by atoms with Gasteiger partial charge in [0.1, 0.15) is 0 Å². The van der Waals surface area contributed by atoms with Crippen LogP contribution < -0.4 is 0 Å². The van der Waals surface area contributed by atoms with Crippen LogP contribution in [0.25, 0.3) is 0 Å². The number of likely N-dealkylation sites (tertiary alicyclic amines) is 1. The van der Waals surface area contributed by atoms with E-state index in [-0.39, 0.29) is 18.1 Å². The van der Waals surface area contributed by atoms with Gasteiger partial charge in [-0.2, -0.15) is 0 Å². The molecular weight excluding hydrogens is 370 g/mol. The number of morpholine rings is 1. The van der Waals surface area contributed by atoms with Crippen molar-refractivity contribution in [2.75, 3.05) is 13.1 Å². The van der Waals surface area contributed by atoms with Gasteiger partial charge in [-0.1, -0.05) is 0 Å². The number of hydrogen-bond acceptors (Lipinski definition) is 3. The lowest BCUT2D eigenvalue weighted by Crippen LogP contribution is -2.45. The monoisotopic (exact) mass is 379 g/mol. The van der Waals surface area contributed by atoms with Crippen molar-refractivity contribution in [3.05, 3.63) is 19.2 Å². The van der Waals surface area contributed by atoms with Gasteiger partial charge in [0.2, 0.25) is 0 Å². The average molecular weight is 381 g/mol. The van der Waals surface area contributed by atoms with Crippen LogP contribution in [0.15, 0.2) is 14.3 Å². The largest absolute Gasteiger partial charge is 0.371 e. The zero-order chi connectivity index (χ0) is 12.0. The molecule has 0 aliphatic carbocycles. The second kappa shape index (κ2) is 4.64. The molecule has 3 rings (SSSR count). The number of halogens is 2. The van der Waals surface area contributed by atoms with Gasteiger partial charge in [-0.3, -0.25) is 4.79 Å². The van der Waals surface area contributed by atoms with Crippen LogP contribution in [0.4, 0.5) is 0 Å². The van der Waals surface area contributed by atoms with Crippen molar-refractivity contribution < 1.29 is 9.53 Å². The number of amides is 1. The first kappa shape index (κ1) is 12.1. The minimum atomic E-state index is 0.126. The Morgan fingerprint density at radius 2 is 2.00 bits per heavy atom. The minimum Gasteiger partial charge on any atom is -0.371 e. The van der Waals surface area contributed by atoms with Crippen LogP contribution in [-0.2, 0) is 4.74 Å². The first-order valence-corrected chi connectivity index (χ1v) is 7.93. The molecule has 0 spiro atoms. The second-order valence-corrected chi connectivity index (χ2v) is 7.62. The van der Waals surface area contributed by atoms with E-state index in [1.54, 1.807) is 0 Å². The van der Waals surface area contributed by atoms with E-state index in [4.69, 9.17) is 4.74 Å². The Kier molecular flexibility index (Phi) is 3.32. The zero-order valence-corrected chi connectivity index (χ0v) is 13.0. The SMILES string of the molecule is O=C(c1cc(Br)c(Br)s1)N1CC2CCC(C1)O2. The quantitative estimate of drug-likeness (QED) is 0.748. The van der Waals surface area contributed by atoms with E-state index in [1.165, 1.54) is 11.3 Å². The van der Waals surface area contributed by atoms with Crippen LogP contribution in [0.3, 0.4) is 0 Å². The predicted octanol–water partition coefficient (Wildman–Crippen LogP) is 3.28.